The van der Waals surface area contributed by atoms with E-state index in [1.807, 2.05) is 0 Å². The van der Waals surface area contributed by atoms with E-state index in [2.05, 4.69) is 76.3 Å². The average molecular weight is 1730 g/mol. The Morgan fingerprint density at radius 3 is 0.436 bits per heavy atom. The second-order valence-electron chi connectivity index (χ2n) is 26.5. The van der Waals surface area contributed by atoms with E-state index in [0.29, 0.717) is 75.1 Å². The van der Waals surface area contributed by atoms with E-state index in [0.717, 1.165) is 51.4 Å². The van der Waals surface area contributed by atoms with Crippen LogP contribution >= 0.6 is 13.5 Å². The summed E-state index contributed by atoms with van der Waals surface area (Å²) in [6.07, 6.45) is 93.7. The van der Waals surface area contributed by atoms with Gasteiger partial charge in [-0.05, 0) is 105 Å². The zero-order chi connectivity index (χ0) is 70.9. The summed E-state index contributed by atoms with van der Waals surface area (Å²) in [6, 6.07) is 0. The molecule has 0 saturated carbocycles. The summed E-state index contributed by atoms with van der Waals surface area (Å²) in [5.74, 6) is 1.68. The Bertz CT molecular complexity index is 1410. The number of carbonyl (C=O) groups is 4. The molecule has 0 aliphatic rings. The van der Waals surface area contributed by atoms with Gasteiger partial charge in [0.15, 0.2) is 0 Å². The van der Waals surface area contributed by atoms with Crippen molar-refractivity contribution in [3.8, 4) is 0 Å². The molecule has 15 heteroatoms. The van der Waals surface area contributed by atoms with Gasteiger partial charge in [-0.15, -0.1) is 23.0 Å². The molecule has 0 heterocycles. The minimum atomic E-state index is -0.0818. The second-order valence-corrected chi connectivity index (χ2v) is 28.1. The molecule has 0 amide bonds. The molecule has 8 nitrogen and oxygen atoms in total. The Balaban J connectivity index is -0.000000157. The Morgan fingerprint density at radius 2 is 0.327 bits per heavy atom. The molecule has 0 aromatic carbocycles. The molecule has 0 atom stereocenters. The van der Waals surface area contributed by atoms with Crippen LogP contribution in [0.25, 0.3) is 0 Å². The fourth-order valence-electron chi connectivity index (χ4n) is 11.5. The van der Waals surface area contributed by atoms with E-state index in [-0.39, 0.29) is 100 Å². The molecule has 0 spiro atoms. The summed E-state index contributed by atoms with van der Waals surface area (Å²) in [5, 5.41) is 0. The zero-order valence-electron chi connectivity index (χ0n) is 65.1. The topological polar surface area (TPSA) is 105 Å². The van der Waals surface area contributed by atoms with Crippen LogP contribution < -0.4 is 0 Å². The number of rotatable bonds is 72. The summed E-state index contributed by atoms with van der Waals surface area (Å²) in [5.41, 5.74) is 0. The molecular formula is C86H166O8S5Sn2. The van der Waals surface area contributed by atoms with Crippen molar-refractivity contribution in [3.05, 3.63) is 48.6 Å². The largest absolute Gasteiger partial charge is 2.00 e. The minimum absolute atomic E-state index is 0. The summed E-state index contributed by atoms with van der Waals surface area (Å²) < 4.78 is 19.9. The monoisotopic (exact) mass is 1730 g/mol. The first-order valence-electron chi connectivity index (χ1n) is 40.6. The van der Waals surface area contributed by atoms with Crippen molar-refractivity contribution in [1.29, 1.82) is 0 Å². The molecule has 0 aromatic rings. The van der Waals surface area contributed by atoms with Gasteiger partial charge in [-0.1, -0.05) is 346 Å². The number of allylic oxidation sites excluding steroid dienone is 8. The number of unbranched alkanes of at least 4 members (excludes halogenated alkanes) is 52. The van der Waals surface area contributed by atoms with E-state index >= 15 is 0 Å². The average Bonchev–Trinajstić information content (AvgIpc) is 3.82. The molecule has 0 unspecified atom stereocenters. The maximum absolute atomic E-state index is 11.3. The van der Waals surface area contributed by atoms with Gasteiger partial charge in [0.1, 0.15) is 0 Å². The van der Waals surface area contributed by atoms with Gasteiger partial charge in [0.25, 0.3) is 0 Å². The maximum Gasteiger partial charge on any atom is 2.00 e. The molecule has 101 heavy (non-hydrogen) atoms. The van der Waals surface area contributed by atoms with Gasteiger partial charge in [0.05, 0.1) is 26.4 Å². The molecule has 0 aliphatic heterocycles. The molecule has 0 aliphatic carbocycles. The Kier molecular flexibility index (Phi) is 137. The number of hydrogen-bond donors (Lipinski definition) is 0. The fraction of sp³-hybridized carbons (Fsp3) is 0.860. The van der Waals surface area contributed by atoms with Gasteiger partial charge in [-0.3, -0.25) is 19.2 Å². The van der Waals surface area contributed by atoms with E-state index in [9.17, 15) is 19.2 Å². The molecular weight excluding hydrogens is 1560 g/mol. The van der Waals surface area contributed by atoms with Crippen molar-refractivity contribution >= 4 is 136 Å². The van der Waals surface area contributed by atoms with Crippen molar-refractivity contribution < 1.29 is 38.1 Å². The van der Waals surface area contributed by atoms with Crippen LogP contribution in [-0.2, 0) is 88.6 Å². The smallest absolute Gasteiger partial charge is 0.789 e. The predicted octanol–water partition coefficient (Wildman–Crippen LogP) is 26.6. The van der Waals surface area contributed by atoms with Gasteiger partial charge < -0.3 is 69.5 Å². The van der Waals surface area contributed by atoms with Gasteiger partial charge in [-0.2, -0.15) is 13.5 Å². The molecule has 0 saturated heterocycles. The summed E-state index contributed by atoms with van der Waals surface area (Å²) >= 11 is 19.0. The van der Waals surface area contributed by atoms with Crippen molar-refractivity contribution in [2.24, 2.45) is 0 Å². The number of hydrogen-bond acceptors (Lipinski definition) is 12. The van der Waals surface area contributed by atoms with Crippen LogP contribution in [-0.4, -0.2) is 121 Å². The van der Waals surface area contributed by atoms with Crippen LogP contribution in [0.3, 0.4) is 0 Å². The molecule has 0 aromatic heterocycles. The number of ether oxygens (including phenoxy) is 4. The third-order valence-electron chi connectivity index (χ3n) is 17.3. The summed E-state index contributed by atoms with van der Waals surface area (Å²) in [4.78, 5) is 45.1. The van der Waals surface area contributed by atoms with E-state index in [1.54, 1.807) is 0 Å². The van der Waals surface area contributed by atoms with Crippen LogP contribution in [0.2, 0.25) is 0 Å². The Hall–Kier alpha value is 0.187. The van der Waals surface area contributed by atoms with Crippen molar-refractivity contribution in [1.82, 2.24) is 0 Å². The molecule has 0 rings (SSSR count). The van der Waals surface area contributed by atoms with Crippen molar-refractivity contribution in [2.75, 3.05) is 49.4 Å². The Labute approximate surface area is 693 Å². The minimum Gasteiger partial charge on any atom is -0.789 e. The van der Waals surface area contributed by atoms with E-state index < -0.39 is 0 Å². The summed E-state index contributed by atoms with van der Waals surface area (Å²) in [7, 11) is 0. The predicted molar refractivity (Wildman–Crippen MR) is 464 cm³/mol. The Morgan fingerprint density at radius 1 is 0.218 bits per heavy atom. The SMILES string of the molecule is C.C.C/C=C/CCCCCCCCCCCCCCCC(=O)OCC[S-].C/C=C/CCCCCCCCCCCCCCCC(=O)OCC[S-].C/C=C/CCCCCCCCCCCCCCCC(=O)OCC[S-].C/C=C/CCCCCCCCCCCCCCCC(=O)OCC[S-].S.[Sn+2].[Sn+2]. The number of carbonyl (C=O) groups excluding carboxylic acids is 4. The molecule has 596 valence electrons. The fourth-order valence-corrected chi connectivity index (χ4v) is 11.8. The molecule has 0 fully saturated rings. The van der Waals surface area contributed by atoms with Gasteiger partial charge in [0, 0.05) is 25.7 Å². The molecule has 0 bridgehead atoms. The molecule has 4 radical (unpaired) electrons. The van der Waals surface area contributed by atoms with Crippen LogP contribution in [0, 0.1) is 0 Å². The van der Waals surface area contributed by atoms with Gasteiger partial charge in [0.2, 0.25) is 0 Å². The van der Waals surface area contributed by atoms with Gasteiger partial charge >= 0.3 is 71.7 Å². The van der Waals surface area contributed by atoms with Crippen LogP contribution in [0.1, 0.15) is 428 Å². The second kappa shape index (κ2) is 116. The third-order valence-corrected chi connectivity index (χ3v) is 18.0. The van der Waals surface area contributed by atoms with Crippen LogP contribution in [0.15, 0.2) is 48.6 Å². The number of esters is 4. The van der Waals surface area contributed by atoms with E-state index in [1.165, 1.54) is 308 Å². The van der Waals surface area contributed by atoms with Crippen LogP contribution in [0.5, 0.6) is 0 Å². The van der Waals surface area contributed by atoms with E-state index in [4.69, 9.17) is 69.5 Å². The first-order chi connectivity index (χ1) is 47.2. The normalized spacial score (nSPS) is 10.7. The first kappa shape index (κ1) is 120. The standard InChI is InChI=1S/4C21H40O2S.2CH4.H2S.2Sn/c4*1-2-3-4-5-6-7-8-9-10-11-12-13-14-15-16-17-18-21(22)23-19-20-24;;;;;/h4*2-3,24H,4-20H2,1H3;2*1H4;1H2;;/q;;;;;;;2*+2/p-4/b4*3-2+;;;;;. The maximum atomic E-state index is 11.3. The summed E-state index contributed by atoms with van der Waals surface area (Å²) in [6.45, 7) is 9.97. The molecule has 0 N–H and O–H groups in total. The van der Waals surface area contributed by atoms with Crippen LogP contribution in [0.4, 0.5) is 0 Å². The third kappa shape index (κ3) is 124. The zero-order valence-corrected chi connectivity index (χ0v) is 75.1. The van der Waals surface area contributed by atoms with Gasteiger partial charge in [-0.25, -0.2) is 0 Å². The van der Waals surface area contributed by atoms with Crippen molar-refractivity contribution in [3.63, 3.8) is 0 Å². The quantitative estimate of drug-likeness (QED) is 0.0145. The van der Waals surface area contributed by atoms with Crippen molar-refractivity contribution in [2.45, 2.75) is 428 Å². The first-order valence-corrected chi connectivity index (χ1v) is 42.9.